The van der Waals surface area contributed by atoms with Crippen LogP contribution in [0.2, 0.25) is 0 Å². The molecule has 5 unspecified atom stereocenters. The Kier molecular flexibility index (Phi) is 3.52. The molecule has 0 radical (unpaired) electrons. The molecule has 0 spiro atoms. The van der Waals surface area contributed by atoms with E-state index >= 15 is 0 Å². The van der Waals surface area contributed by atoms with Crippen molar-refractivity contribution < 1.29 is 29.3 Å². The number of epoxide rings is 1. The van der Waals surface area contributed by atoms with Gasteiger partial charge in [-0.25, -0.2) is 0 Å². The number of hydrogen-bond donors (Lipinski definition) is 3. The van der Waals surface area contributed by atoms with Crippen molar-refractivity contribution in [3.05, 3.63) is 70.3 Å². The molecule has 3 aliphatic carbocycles. The quantitative estimate of drug-likeness (QED) is 0.265. The van der Waals surface area contributed by atoms with Gasteiger partial charge in [-0.1, -0.05) is 54.9 Å². The fraction of sp³-hybridized carbons (Fsp3) is 0.250. The van der Waals surface area contributed by atoms with Crippen LogP contribution in [0.5, 0.6) is 5.75 Å². The van der Waals surface area contributed by atoms with Crippen LogP contribution in [0.4, 0.5) is 5.69 Å². The Morgan fingerprint density at radius 1 is 1.06 bits per heavy atom. The highest BCUT2D eigenvalue weighted by molar-refractivity contribution is 6.31. The minimum absolute atomic E-state index is 0.0214. The molecule has 2 aromatic carbocycles. The average Bonchev–Trinajstić information content (AvgIpc) is 3.58. The third kappa shape index (κ3) is 2.02. The van der Waals surface area contributed by atoms with E-state index in [1.54, 1.807) is 24.3 Å². The molecule has 1 saturated heterocycles. The number of allylic oxidation sites excluding steroid dienone is 2. The Hall–Kier alpha value is -4.17. The first kappa shape index (κ1) is 20.2. The molecule has 2 aromatic rings. The van der Waals surface area contributed by atoms with E-state index in [2.05, 4.69) is 29.0 Å². The van der Waals surface area contributed by atoms with Crippen LogP contribution in [-0.4, -0.2) is 44.8 Å². The molecule has 7 heteroatoms. The molecule has 3 N–H and O–H groups in total. The first-order chi connectivity index (χ1) is 16.8. The Balaban J connectivity index is 1.60. The lowest BCUT2D eigenvalue weighted by molar-refractivity contribution is -0.141. The number of carbonyl (C=O) groups is 3. The van der Waals surface area contributed by atoms with Gasteiger partial charge in [0.2, 0.25) is 5.60 Å². The molecule has 7 nitrogen and oxygen atoms in total. The van der Waals surface area contributed by atoms with E-state index in [-0.39, 0.29) is 45.8 Å². The van der Waals surface area contributed by atoms with Gasteiger partial charge in [-0.3, -0.25) is 14.4 Å². The van der Waals surface area contributed by atoms with Crippen LogP contribution in [0, 0.1) is 29.6 Å². The van der Waals surface area contributed by atoms with Crippen molar-refractivity contribution in [1.29, 1.82) is 0 Å². The number of carbonyl (C=O) groups excluding carboxylic acids is 3. The zero-order valence-electron chi connectivity index (χ0n) is 18.4. The summed E-state index contributed by atoms with van der Waals surface area (Å²) in [6.45, 7) is 1.85. The van der Waals surface area contributed by atoms with Crippen molar-refractivity contribution in [1.82, 2.24) is 0 Å². The normalized spacial score (nSPS) is 35.4. The molecule has 1 saturated carbocycles. The van der Waals surface area contributed by atoms with E-state index in [0.29, 0.717) is 0 Å². The van der Waals surface area contributed by atoms with Crippen molar-refractivity contribution in [3.8, 4) is 29.4 Å². The number of rotatable bonds is 0. The fourth-order valence-electron chi connectivity index (χ4n) is 6.43. The van der Waals surface area contributed by atoms with E-state index < -0.39 is 45.9 Å². The standard InChI is InChI=1S/C28H17NO6/c1-14-12-20(31)26(34)11-7-3-2-4-10-19-27(14)28(26,35-27)17-13-18(30)21-22(23(17)29-19)25(33)16-9-6-5-8-15(16)24(21)32/h2-3,5-6,8-9,13-14,19,29-30,34H,12H2,1H3/b3-2-. The van der Waals surface area contributed by atoms with Gasteiger partial charge in [-0.2, -0.15) is 0 Å². The first-order valence-electron chi connectivity index (χ1n) is 11.3. The molecule has 170 valence electrons. The monoisotopic (exact) mass is 463 g/mol. The molecule has 4 bridgehead atoms. The maximum Gasteiger partial charge on any atom is 0.221 e. The predicted octanol–water partition coefficient (Wildman–Crippen LogP) is 1.84. The van der Waals surface area contributed by atoms with Crippen LogP contribution in [0.25, 0.3) is 0 Å². The second-order valence-electron chi connectivity index (χ2n) is 9.56. The molecular formula is C28H17NO6. The topological polar surface area (TPSA) is 116 Å². The molecule has 0 amide bonds. The summed E-state index contributed by atoms with van der Waals surface area (Å²) in [5.41, 5.74) is -4.35. The Morgan fingerprint density at radius 2 is 1.74 bits per heavy atom. The lowest BCUT2D eigenvalue weighted by atomic mass is 9.57. The number of aliphatic hydroxyl groups is 1. The second-order valence-corrected chi connectivity index (χ2v) is 9.56. The van der Waals surface area contributed by atoms with Crippen molar-refractivity contribution in [2.75, 3.05) is 5.32 Å². The lowest BCUT2D eigenvalue weighted by Gasteiger charge is -2.45. The third-order valence-electron chi connectivity index (χ3n) is 7.97. The summed E-state index contributed by atoms with van der Waals surface area (Å²) in [4.78, 5) is 40.3. The number of ether oxygens (including phenoxy) is 1. The van der Waals surface area contributed by atoms with Crippen LogP contribution >= 0.6 is 0 Å². The van der Waals surface area contributed by atoms with E-state index in [9.17, 15) is 24.6 Å². The van der Waals surface area contributed by atoms with Crippen molar-refractivity contribution in [2.45, 2.75) is 36.2 Å². The Labute approximate surface area is 199 Å². The molecule has 5 atom stereocenters. The fourth-order valence-corrected chi connectivity index (χ4v) is 6.43. The van der Waals surface area contributed by atoms with Crippen LogP contribution in [0.3, 0.4) is 0 Å². The van der Waals surface area contributed by atoms with Crippen molar-refractivity contribution in [2.24, 2.45) is 5.92 Å². The highest BCUT2D eigenvalue weighted by Gasteiger charge is 2.89. The molecule has 35 heavy (non-hydrogen) atoms. The minimum atomic E-state index is -2.24. The lowest BCUT2D eigenvalue weighted by Crippen LogP contribution is -2.64. The van der Waals surface area contributed by atoms with Crippen molar-refractivity contribution >= 4 is 23.0 Å². The van der Waals surface area contributed by atoms with Gasteiger partial charge in [-0.15, -0.1) is 0 Å². The largest absolute Gasteiger partial charge is 0.507 e. The molecule has 2 aliphatic heterocycles. The van der Waals surface area contributed by atoms with Gasteiger partial charge in [0.05, 0.1) is 16.8 Å². The van der Waals surface area contributed by atoms with E-state index in [4.69, 9.17) is 4.74 Å². The number of Topliss-reactive ketones (excluding diaryl/α,β-unsaturated/α-hetero) is 1. The summed E-state index contributed by atoms with van der Waals surface area (Å²) in [5.74, 6) is 9.18. The van der Waals surface area contributed by atoms with Gasteiger partial charge in [0, 0.05) is 23.1 Å². The maximum atomic E-state index is 13.7. The van der Waals surface area contributed by atoms with E-state index in [1.807, 2.05) is 6.92 Å². The molecule has 5 aliphatic rings. The molecular weight excluding hydrogens is 446 g/mol. The summed E-state index contributed by atoms with van der Waals surface area (Å²) in [5, 5.41) is 26.2. The van der Waals surface area contributed by atoms with E-state index in [1.165, 1.54) is 18.2 Å². The van der Waals surface area contributed by atoms with Gasteiger partial charge in [-0.05, 0) is 24.1 Å². The van der Waals surface area contributed by atoms with Crippen LogP contribution in [0.1, 0.15) is 50.8 Å². The maximum absolute atomic E-state index is 13.7. The number of nitrogens with one attached hydrogen (secondary N) is 1. The minimum Gasteiger partial charge on any atom is -0.507 e. The number of benzene rings is 2. The zero-order chi connectivity index (χ0) is 24.3. The summed E-state index contributed by atoms with van der Waals surface area (Å²) in [6.07, 6.45) is 2.98. The number of fused-ring (bicyclic) bond motifs is 4. The number of phenolic OH excluding ortho intramolecular Hbond substituents is 1. The highest BCUT2D eigenvalue weighted by atomic mass is 16.7. The van der Waals surface area contributed by atoms with Gasteiger partial charge in [0.1, 0.15) is 17.4 Å². The molecule has 0 aromatic heterocycles. The number of aromatic hydroxyl groups is 1. The third-order valence-corrected chi connectivity index (χ3v) is 7.97. The molecule has 7 rings (SSSR count). The van der Waals surface area contributed by atoms with Crippen LogP contribution in [-0.2, 0) is 15.1 Å². The smallest absolute Gasteiger partial charge is 0.221 e. The predicted molar refractivity (Wildman–Crippen MR) is 123 cm³/mol. The first-order valence-corrected chi connectivity index (χ1v) is 11.3. The van der Waals surface area contributed by atoms with Crippen LogP contribution < -0.4 is 5.32 Å². The SMILES string of the molecule is CC1CC(=O)C2(O)C#C/C=C\C#CC3Nc4c(cc(O)c5c4C(=O)c4ccccc4C5=O)C24OC134. The van der Waals surface area contributed by atoms with Gasteiger partial charge >= 0.3 is 0 Å². The van der Waals surface area contributed by atoms with Crippen LogP contribution in [0.15, 0.2) is 42.5 Å². The number of anilines is 1. The summed E-state index contributed by atoms with van der Waals surface area (Å²) < 4.78 is 6.39. The summed E-state index contributed by atoms with van der Waals surface area (Å²) in [6, 6.07) is 7.00. The number of ketones is 3. The highest BCUT2D eigenvalue weighted by Crippen LogP contribution is 2.73. The summed E-state index contributed by atoms with van der Waals surface area (Å²) in [7, 11) is 0. The molecule has 2 heterocycles. The van der Waals surface area contributed by atoms with Gasteiger partial charge < -0.3 is 20.3 Å². The average molecular weight is 463 g/mol. The summed E-state index contributed by atoms with van der Waals surface area (Å²) >= 11 is 0. The zero-order valence-corrected chi connectivity index (χ0v) is 18.4. The van der Waals surface area contributed by atoms with Crippen molar-refractivity contribution in [3.63, 3.8) is 0 Å². The second kappa shape index (κ2) is 6.09. The number of hydrogen-bond acceptors (Lipinski definition) is 7. The molecule has 2 fully saturated rings. The van der Waals surface area contributed by atoms with E-state index in [0.717, 1.165) is 0 Å². The van der Waals surface area contributed by atoms with Gasteiger partial charge in [0.25, 0.3) is 0 Å². The Bertz CT molecular complexity index is 1610. The number of phenols is 1. The van der Waals surface area contributed by atoms with Gasteiger partial charge in [0.15, 0.2) is 23.0 Å². The Morgan fingerprint density at radius 3 is 2.49 bits per heavy atom.